The Labute approximate surface area is 106 Å². The fourth-order valence-electron chi connectivity index (χ4n) is 2.37. The average Bonchev–Trinajstić information content (AvgIpc) is 2.74. The minimum atomic E-state index is 0.154. The number of aryl methyl sites for hydroxylation is 1. The normalized spacial score (nSPS) is 28.9. The van der Waals surface area contributed by atoms with Crippen LogP contribution in [0.3, 0.4) is 0 Å². The maximum absolute atomic E-state index is 9.19. The van der Waals surface area contributed by atoms with Crippen LogP contribution in [0.25, 0.3) is 0 Å². The first-order valence-electron chi connectivity index (χ1n) is 6.18. The van der Waals surface area contributed by atoms with E-state index in [0.29, 0.717) is 5.25 Å². The molecule has 0 spiro atoms. The number of nitrogens with zero attached hydrogens (tertiary/aromatic N) is 3. The Hall–Kier alpha value is -1.02. The molecule has 92 valence electrons. The number of H-pyrrole nitrogens is 1. The molecule has 1 aliphatic rings. The van der Waals surface area contributed by atoms with Crippen molar-refractivity contribution < 1.29 is 0 Å². The van der Waals surface area contributed by atoms with Gasteiger partial charge in [-0.05, 0) is 32.1 Å². The number of nitriles is 1. The summed E-state index contributed by atoms with van der Waals surface area (Å²) in [6.45, 7) is 4.13. The largest absolute Gasteiger partial charge is 0.262 e. The fraction of sp³-hybridized carbons (Fsp3) is 0.750. The minimum Gasteiger partial charge on any atom is -0.262 e. The standard InChI is InChI=1S/C12H18N4S/c1-3-9-4-5-10(7-13)11(6-9)17-12-14-8(2)15-16-12/h9-11H,3-6H2,1-2H3,(H,14,15,16). The molecule has 1 heterocycles. The predicted molar refractivity (Wildman–Crippen MR) is 67.5 cm³/mol. The molecule has 0 aromatic carbocycles. The van der Waals surface area contributed by atoms with E-state index in [1.54, 1.807) is 11.8 Å². The lowest BCUT2D eigenvalue weighted by atomic mass is 9.81. The van der Waals surface area contributed by atoms with Gasteiger partial charge in [-0.1, -0.05) is 25.1 Å². The summed E-state index contributed by atoms with van der Waals surface area (Å²) >= 11 is 1.66. The number of thioether (sulfide) groups is 1. The summed E-state index contributed by atoms with van der Waals surface area (Å²) in [4.78, 5) is 4.31. The van der Waals surface area contributed by atoms with E-state index in [2.05, 4.69) is 28.2 Å². The summed E-state index contributed by atoms with van der Waals surface area (Å²) in [5.74, 6) is 1.75. The fourth-order valence-corrected chi connectivity index (χ4v) is 3.66. The van der Waals surface area contributed by atoms with E-state index < -0.39 is 0 Å². The van der Waals surface area contributed by atoms with Gasteiger partial charge in [0.05, 0.1) is 12.0 Å². The van der Waals surface area contributed by atoms with Crippen LogP contribution in [0.4, 0.5) is 0 Å². The van der Waals surface area contributed by atoms with E-state index in [-0.39, 0.29) is 5.92 Å². The van der Waals surface area contributed by atoms with Crippen molar-refractivity contribution in [2.75, 3.05) is 0 Å². The summed E-state index contributed by atoms with van der Waals surface area (Å²) in [6, 6.07) is 2.44. The van der Waals surface area contributed by atoms with E-state index in [9.17, 15) is 5.26 Å². The van der Waals surface area contributed by atoms with Gasteiger partial charge in [-0.2, -0.15) is 5.26 Å². The highest BCUT2D eigenvalue weighted by molar-refractivity contribution is 7.99. The molecule has 1 saturated carbocycles. The molecule has 2 rings (SSSR count). The topological polar surface area (TPSA) is 65.4 Å². The van der Waals surface area contributed by atoms with E-state index in [4.69, 9.17) is 0 Å². The van der Waals surface area contributed by atoms with E-state index in [1.165, 1.54) is 12.8 Å². The lowest BCUT2D eigenvalue weighted by Crippen LogP contribution is -2.26. The van der Waals surface area contributed by atoms with Crippen molar-refractivity contribution in [3.05, 3.63) is 5.82 Å². The van der Waals surface area contributed by atoms with Crippen LogP contribution in [-0.4, -0.2) is 20.4 Å². The third-order valence-electron chi connectivity index (χ3n) is 3.48. The van der Waals surface area contributed by atoms with Crippen molar-refractivity contribution in [1.29, 1.82) is 5.26 Å². The van der Waals surface area contributed by atoms with Crippen molar-refractivity contribution in [2.45, 2.75) is 49.9 Å². The Morgan fingerprint density at radius 2 is 2.35 bits per heavy atom. The molecule has 3 atom stereocenters. The molecular formula is C12H18N4S. The molecule has 1 aliphatic carbocycles. The van der Waals surface area contributed by atoms with Gasteiger partial charge in [0.15, 0.2) is 0 Å². The highest BCUT2D eigenvalue weighted by Crippen LogP contribution is 2.39. The third-order valence-corrected chi connectivity index (χ3v) is 4.69. The van der Waals surface area contributed by atoms with Crippen molar-refractivity contribution in [3.63, 3.8) is 0 Å². The van der Waals surface area contributed by atoms with Crippen LogP contribution < -0.4 is 0 Å². The Balaban J connectivity index is 2.03. The predicted octanol–water partition coefficient (Wildman–Crippen LogP) is 2.92. The summed E-state index contributed by atoms with van der Waals surface area (Å²) < 4.78 is 0. The van der Waals surface area contributed by atoms with Crippen LogP contribution in [0, 0.1) is 30.1 Å². The minimum absolute atomic E-state index is 0.154. The zero-order valence-electron chi connectivity index (χ0n) is 10.3. The molecule has 1 aromatic heterocycles. The molecule has 1 fully saturated rings. The third kappa shape index (κ3) is 3.01. The van der Waals surface area contributed by atoms with Gasteiger partial charge < -0.3 is 0 Å². The smallest absolute Gasteiger partial charge is 0.208 e. The quantitative estimate of drug-likeness (QED) is 0.895. The van der Waals surface area contributed by atoms with Gasteiger partial charge in [0, 0.05) is 5.25 Å². The number of hydrogen-bond acceptors (Lipinski definition) is 4. The van der Waals surface area contributed by atoms with Crippen LogP contribution in [0.15, 0.2) is 5.16 Å². The molecule has 0 saturated heterocycles. The molecule has 0 radical (unpaired) electrons. The second-order valence-electron chi connectivity index (χ2n) is 4.68. The Morgan fingerprint density at radius 1 is 1.53 bits per heavy atom. The van der Waals surface area contributed by atoms with Gasteiger partial charge in [0.1, 0.15) is 5.82 Å². The van der Waals surface area contributed by atoms with Crippen LogP contribution in [0.5, 0.6) is 0 Å². The number of hydrogen-bond donors (Lipinski definition) is 1. The van der Waals surface area contributed by atoms with Gasteiger partial charge in [0.25, 0.3) is 0 Å². The first kappa shape index (κ1) is 12.4. The zero-order valence-corrected chi connectivity index (χ0v) is 11.1. The summed E-state index contributed by atoms with van der Waals surface area (Å²) in [6.07, 6.45) is 4.55. The molecule has 0 amide bonds. The van der Waals surface area contributed by atoms with Crippen molar-refractivity contribution >= 4 is 11.8 Å². The van der Waals surface area contributed by atoms with Gasteiger partial charge in [-0.15, -0.1) is 5.10 Å². The summed E-state index contributed by atoms with van der Waals surface area (Å²) in [7, 11) is 0. The lowest BCUT2D eigenvalue weighted by molar-refractivity contribution is 0.317. The Morgan fingerprint density at radius 3 is 2.94 bits per heavy atom. The van der Waals surface area contributed by atoms with Gasteiger partial charge >= 0.3 is 0 Å². The van der Waals surface area contributed by atoms with Crippen molar-refractivity contribution in [2.24, 2.45) is 11.8 Å². The average molecular weight is 250 g/mol. The van der Waals surface area contributed by atoms with E-state index >= 15 is 0 Å². The van der Waals surface area contributed by atoms with Gasteiger partial charge in [0.2, 0.25) is 5.16 Å². The molecule has 17 heavy (non-hydrogen) atoms. The van der Waals surface area contributed by atoms with E-state index in [1.807, 2.05) is 6.92 Å². The summed E-state index contributed by atoms with van der Waals surface area (Å²) in [5, 5.41) is 17.3. The van der Waals surface area contributed by atoms with E-state index in [0.717, 1.165) is 29.7 Å². The molecule has 1 N–H and O–H groups in total. The van der Waals surface area contributed by atoms with Crippen molar-refractivity contribution in [3.8, 4) is 6.07 Å². The molecule has 5 heteroatoms. The number of aromatic nitrogens is 3. The highest BCUT2D eigenvalue weighted by Gasteiger charge is 2.31. The second-order valence-corrected chi connectivity index (χ2v) is 5.89. The zero-order chi connectivity index (χ0) is 12.3. The van der Waals surface area contributed by atoms with Gasteiger partial charge in [-0.3, -0.25) is 5.10 Å². The Bertz CT molecular complexity index is 409. The first-order valence-corrected chi connectivity index (χ1v) is 7.06. The maximum Gasteiger partial charge on any atom is 0.208 e. The van der Waals surface area contributed by atoms with Crippen LogP contribution in [0.1, 0.15) is 38.4 Å². The SMILES string of the molecule is CCC1CCC(C#N)C(Sc2n[nH]c(C)n2)C1. The Kier molecular flexibility index (Phi) is 4.06. The number of rotatable bonds is 3. The molecule has 3 unspecified atom stereocenters. The molecule has 0 bridgehead atoms. The van der Waals surface area contributed by atoms with Crippen LogP contribution in [0.2, 0.25) is 0 Å². The lowest BCUT2D eigenvalue weighted by Gasteiger charge is -2.30. The van der Waals surface area contributed by atoms with Crippen LogP contribution in [-0.2, 0) is 0 Å². The molecular weight excluding hydrogens is 232 g/mol. The molecule has 0 aliphatic heterocycles. The van der Waals surface area contributed by atoms with Gasteiger partial charge in [-0.25, -0.2) is 4.98 Å². The first-order chi connectivity index (χ1) is 8.22. The number of aromatic amines is 1. The van der Waals surface area contributed by atoms with Crippen molar-refractivity contribution in [1.82, 2.24) is 15.2 Å². The summed E-state index contributed by atoms with van der Waals surface area (Å²) in [5.41, 5.74) is 0. The van der Waals surface area contributed by atoms with Crippen LogP contribution >= 0.6 is 11.8 Å². The maximum atomic E-state index is 9.19. The number of nitrogens with one attached hydrogen (secondary N) is 1. The molecule has 4 nitrogen and oxygen atoms in total. The monoisotopic (exact) mass is 250 g/mol. The highest BCUT2D eigenvalue weighted by atomic mass is 32.2. The second kappa shape index (κ2) is 5.54. The molecule has 1 aromatic rings.